The monoisotopic (exact) mass is 1080 g/mol. The molecule has 0 amide bonds. The van der Waals surface area contributed by atoms with Crippen molar-refractivity contribution in [2.75, 3.05) is 0 Å². The Bertz CT molecular complexity index is 3360. The van der Waals surface area contributed by atoms with Crippen LogP contribution in [0.25, 0.3) is 32.7 Å². The highest BCUT2D eigenvalue weighted by atomic mass is 35.5. The molecular formula is C53H43Cl3F9N3O5. The van der Waals surface area contributed by atoms with E-state index in [1.165, 1.54) is 59.6 Å². The van der Waals surface area contributed by atoms with Crippen LogP contribution in [-0.4, -0.2) is 44.7 Å². The van der Waals surface area contributed by atoms with E-state index in [0.29, 0.717) is 34.0 Å². The number of aryl methyl sites for hydroxylation is 3. The molecule has 20 heteroatoms. The Balaban J connectivity index is 0.000000169. The second-order valence-corrected chi connectivity index (χ2v) is 17.7. The second-order valence-electron chi connectivity index (χ2n) is 16.4. The topological polar surface area (TPSA) is 102 Å². The first kappa shape index (κ1) is 55.4. The number of carbonyl (C=O) groups is 1. The summed E-state index contributed by atoms with van der Waals surface area (Å²) >= 11 is 17.8. The number of carboxylic acid groups (broad SMARTS) is 1. The van der Waals surface area contributed by atoms with Crippen LogP contribution in [0.2, 0.25) is 15.1 Å². The van der Waals surface area contributed by atoms with Gasteiger partial charge in [-0.05, 0) is 153 Å². The molecule has 0 atom stereocenters. The molecule has 8 nitrogen and oxygen atoms in total. The number of H-pyrrole nitrogens is 2. The van der Waals surface area contributed by atoms with E-state index in [4.69, 9.17) is 34.8 Å². The molecule has 6 aromatic carbocycles. The zero-order valence-electron chi connectivity index (χ0n) is 38.9. The molecule has 0 aliphatic carbocycles. The summed E-state index contributed by atoms with van der Waals surface area (Å²) in [4.78, 5) is 17.7. The van der Waals surface area contributed by atoms with Gasteiger partial charge in [-0.1, -0.05) is 89.4 Å². The Morgan fingerprint density at radius 2 is 1.03 bits per heavy atom. The summed E-state index contributed by atoms with van der Waals surface area (Å²) in [7, 11) is 0. The van der Waals surface area contributed by atoms with Gasteiger partial charge in [0.15, 0.2) is 0 Å². The van der Waals surface area contributed by atoms with Gasteiger partial charge < -0.3 is 33.9 Å². The number of rotatable bonds is 9. The maximum atomic E-state index is 12.4. The summed E-state index contributed by atoms with van der Waals surface area (Å²) in [6.45, 7) is 7.21. The summed E-state index contributed by atoms with van der Waals surface area (Å²) in [6, 6.07) is 36.2. The number of alkyl halides is 9. The van der Waals surface area contributed by atoms with Crippen molar-refractivity contribution < 1.29 is 63.6 Å². The molecule has 73 heavy (non-hydrogen) atoms. The second kappa shape index (κ2) is 23.3. The quantitative estimate of drug-likeness (QED) is 0.125. The van der Waals surface area contributed by atoms with Crippen LogP contribution in [0.5, 0.6) is 17.2 Å². The number of carboxylic acids is 1. The average molecular weight is 1080 g/mol. The van der Waals surface area contributed by atoms with Gasteiger partial charge in [-0.2, -0.15) is 0 Å². The first-order valence-electron chi connectivity index (χ1n) is 21.7. The first-order valence-corrected chi connectivity index (χ1v) is 22.8. The SMILES string of the molecule is Cc1[nH]c2cc(Cl)ccc2c1Cc1cccc(OC(F)(F)F)c1.Cc1c(Cc2cccc(OC(F)(F)F)c2)c2ccc(Cl)cc2n1CC(=O)O.Cc1cc2ccc(Cl)cc2[nH]1.Cc1cccc(OC(F)(F)F)c1. The average Bonchev–Trinajstić information content (AvgIpc) is 3.87. The molecule has 384 valence electrons. The number of benzene rings is 6. The Labute approximate surface area is 426 Å². The molecule has 0 fully saturated rings. The maximum Gasteiger partial charge on any atom is 0.573 e. The number of aromatic nitrogens is 3. The fourth-order valence-corrected chi connectivity index (χ4v) is 8.36. The Hall–Kier alpha value is -6.95. The van der Waals surface area contributed by atoms with Crippen LogP contribution in [0.1, 0.15) is 44.9 Å². The Kier molecular flexibility index (Phi) is 17.7. The molecule has 3 heterocycles. The molecule has 9 aromatic rings. The van der Waals surface area contributed by atoms with Crippen molar-refractivity contribution in [3.05, 3.63) is 193 Å². The number of nitrogens with zero attached hydrogens (tertiary/aromatic N) is 1. The van der Waals surface area contributed by atoms with Crippen LogP contribution in [0.15, 0.2) is 133 Å². The van der Waals surface area contributed by atoms with Crippen molar-refractivity contribution in [2.24, 2.45) is 0 Å². The lowest BCUT2D eigenvalue weighted by Gasteiger charge is -2.10. The van der Waals surface area contributed by atoms with Gasteiger partial charge in [0.2, 0.25) is 0 Å². The minimum atomic E-state index is -4.76. The molecule has 0 saturated heterocycles. The molecular weight excluding hydrogens is 1040 g/mol. The zero-order valence-corrected chi connectivity index (χ0v) is 41.2. The normalized spacial score (nSPS) is 11.6. The number of halogens is 12. The molecule has 0 aliphatic heterocycles. The Morgan fingerprint density at radius 3 is 1.56 bits per heavy atom. The van der Waals surface area contributed by atoms with Gasteiger partial charge in [0.05, 0.1) is 5.52 Å². The molecule has 3 N–H and O–H groups in total. The van der Waals surface area contributed by atoms with Crippen molar-refractivity contribution in [1.29, 1.82) is 0 Å². The number of fused-ring (bicyclic) bond motifs is 3. The maximum absolute atomic E-state index is 12.4. The summed E-state index contributed by atoms with van der Waals surface area (Å²) < 4.78 is 122. The third-order valence-corrected chi connectivity index (χ3v) is 11.5. The van der Waals surface area contributed by atoms with Gasteiger partial charge in [-0.15, -0.1) is 39.5 Å². The number of ether oxygens (including phenoxy) is 3. The minimum absolute atomic E-state index is 0.178. The number of aliphatic carboxylic acids is 1. The molecule has 3 aromatic heterocycles. The van der Waals surface area contributed by atoms with Crippen molar-refractivity contribution in [3.63, 3.8) is 0 Å². The van der Waals surface area contributed by atoms with Gasteiger partial charge in [0.1, 0.15) is 23.8 Å². The van der Waals surface area contributed by atoms with E-state index >= 15 is 0 Å². The van der Waals surface area contributed by atoms with Gasteiger partial charge in [0, 0.05) is 54.0 Å². The van der Waals surface area contributed by atoms with Crippen LogP contribution in [0, 0.1) is 27.7 Å². The fraction of sp³-hybridized carbons (Fsp3) is 0.189. The van der Waals surface area contributed by atoms with E-state index in [-0.39, 0.29) is 23.8 Å². The van der Waals surface area contributed by atoms with E-state index < -0.39 is 25.1 Å². The van der Waals surface area contributed by atoms with Gasteiger partial charge >= 0.3 is 25.1 Å². The standard InChI is InChI=1S/C19H15ClF3NO3.C17H13ClF3NO.C9H8ClN.C8H7F3O/c1-11-16(8-12-3-2-4-14(7-12)27-19(21,22)23)15-6-5-13(20)9-17(15)24(11)10-18(25)26;1-10-15(14-6-5-12(18)9-16(14)22-10)8-11-3-2-4-13(7-11)23-17(19,20)21;1-6-4-7-2-3-8(10)5-9(7)11-6;1-6-3-2-4-7(5-6)12-8(9,10)11/h2-7,9H,8,10H2,1H3,(H,25,26);2-7,9,22H,8H2,1H3;2-5,11H,1H3;2-5H,1H3. The third-order valence-electron chi connectivity index (χ3n) is 10.8. The van der Waals surface area contributed by atoms with E-state index in [1.807, 2.05) is 44.2 Å². The number of nitrogens with one attached hydrogen (secondary N) is 2. The van der Waals surface area contributed by atoms with Gasteiger partial charge in [0.25, 0.3) is 0 Å². The summed E-state index contributed by atoms with van der Waals surface area (Å²) in [5.41, 5.74) is 9.48. The molecule has 0 radical (unpaired) electrons. The predicted octanol–water partition coefficient (Wildman–Crippen LogP) is 16.8. The van der Waals surface area contributed by atoms with Crippen LogP contribution >= 0.6 is 34.8 Å². The summed E-state index contributed by atoms with van der Waals surface area (Å²) in [5.74, 6) is -1.69. The molecule has 0 bridgehead atoms. The lowest BCUT2D eigenvalue weighted by molar-refractivity contribution is -0.275. The van der Waals surface area contributed by atoms with Crippen molar-refractivity contribution in [2.45, 2.75) is 66.2 Å². The van der Waals surface area contributed by atoms with E-state index in [2.05, 4.69) is 30.2 Å². The van der Waals surface area contributed by atoms with Crippen LogP contribution < -0.4 is 14.2 Å². The molecule has 0 aliphatic rings. The smallest absolute Gasteiger partial charge is 0.480 e. The highest BCUT2D eigenvalue weighted by Gasteiger charge is 2.32. The highest BCUT2D eigenvalue weighted by molar-refractivity contribution is 6.32. The highest BCUT2D eigenvalue weighted by Crippen LogP contribution is 2.33. The molecule has 9 rings (SSSR count). The van der Waals surface area contributed by atoms with Crippen molar-refractivity contribution in [3.8, 4) is 17.2 Å². The molecule has 0 spiro atoms. The minimum Gasteiger partial charge on any atom is -0.480 e. The fourth-order valence-electron chi connectivity index (χ4n) is 7.84. The van der Waals surface area contributed by atoms with Crippen LogP contribution in [0.3, 0.4) is 0 Å². The Morgan fingerprint density at radius 1 is 0.548 bits per heavy atom. The number of aromatic amines is 2. The number of hydrogen-bond donors (Lipinski definition) is 3. The molecule has 0 saturated carbocycles. The summed E-state index contributed by atoms with van der Waals surface area (Å²) in [6.07, 6.45) is -13.2. The van der Waals surface area contributed by atoms with Crippen molar-refractivity contribution >= 4 is 73.5 Å². The van der Waals surface area contributed by atoms with Gasteiger partial charge in [-0.3, -0.25) is 4.79 Å². The van der Waals surface area contributed by atoms with Crippen LogP contribution in [0.4, 0.5) is 39.5 Å². The zero-order chi connectivity index (χ0) is 53.4. The van der Waals surface area contributed by atoms with E-state index in [0.717, 1.165) is 60.5 Å². The van der Waals surface area contributed by atoms with E-state index in [9.17, 15) is 49.4 Å². The lowest BCUT2D eigenvalue weighted by Crippen LogP contribution is -2.17. The summed E-state index contributed by atoms with van der Waals surface area (Å²) in [5, 5.41) is 14.1. The first-order chi connectivity index (χ1) is 34.2. The van der Waals surface area contributed by atoms with Crippen LogP contribution in [-0.2, 0) is 24.2 Å². The van der Waals surface area contributed by atoms with Crippen molar-refractivity contribution in [1.82, 2.24) is 14.5 Å². The predicted molar refractivity (Wildman–Crippen MR) is 265 cm³/mol. The lowest BCUT2D eigenvalue weighted by atomic mass is 10.0. The molecule has 0 unspecified atom stereocenters. The van der Waals surface area contributed by atoms with E-state index in [1.54, 1.807) is 66.9 Å². The van der Waals surface area contributed by atoms with Gasteiger partial charge in [-0.25, -0.2) is 0 Å². The number of hydrogen-bond acceptors (Lipinski definition) is 4. The largest absolute Gasteiger partial charge is 0.573 e. The third kappa shape index (κ3) is 16.5.